The van der Waals surface area contributed by atoms with Gasteiger partial charge in [0.1, 0.15) is 5.66 Å². The van der Waals surface area contributed by atoms with Crippen LogP contribution < -0.4 is 15.6 Å². The first-order valence-electron chi connectivity index (χ1n) is 12.9. The number of carbonyl (C=O) groups excluding carboxylic acids is 2. The average molecular weight is 580 g/mol. The Kier molecular flexibility index (Phi) is 5.69. The molecule has 1 aliphatic carbocycles. The lowest BCUT2D eigenvalue weighted by Crippen LogP contribution is -2.60. The first kappa shape index (κ1) is 25.6. The molecule has 3 aliphatic heterocycles. The second-order valence-corrected chi connectivity index (χ2v) is 11.3. The number of fused-ring (bicyclic) bond motifs is 3. The highest BCUT2D eigenvalue weighted by Crippen LogP contribution is 2.65. The summed E-state index contributed by atoms with van der Waals surface area (Å²) >= 11 is 1.47. The maximum atomic E-state index is 14.7. The zero-order valence-corrected chi connectivity index (χ0v) is 22.6. The Labute approximate surface area is 236 Å². The molecule has 1 fully saturated rings. The van der Waals surface area contributed by atoms with Crippen LogP contribution in [0.15, 0.2) is 64.4 Å². The van der Waals surface area contributed by atoms with Crippen molar-refractivity contribution in [3.05, 3.63) is 105 Å². The minimum absolute atomic E-state index is 0.0124. The van der Waals surface area contributed by atoms with E-state index in [0.717, 1.165) is 28.7 Å². The van der Waals surface area contributed by atoms with Crippen LogP contribution in [0.4, 0.5) is 13.6 Å². The molecule has 4 heterocycles. The number of hydrogen-bond donors (Lipinski definition) is 1. The van der Waals surface area contributed by atoms with E-state index in [0.29, 0.717) is 30.7 Å². The SMILES string of the molecule is COC(=O)OCOc1c2n(ccc1=O)NC13CC1(c1cccc4c1Cc1ccc(F)c(F)c1CS4)C=CCN3C2=O. The van der Waals surface area contributed by atoms with E-state index in [1.54, 1.807) is 11.0 Å². The number of thioether (sulfide) groups is 1. The standard InChI is InChI=1S/C29H23F2N3O6S/c1-38-27(37)40-15-39-25-21(35)8-11-34-24(25)26(36)33-10-3-9-28(14-29(28,33)32-34)19-4-2-5-22-17(19)12-16-6-7-20(30)23(31)18(16)13-41-22/h2-9,11,32H,10,12-15H2,1H3. The second kappa shape index (κ2) is 9.10. The first-order valence-corrected chi connectivity index (χ1v) is 13.9. The van der Waals surface area contributed by atoms with E-state index in [1.165, 1.54) is 34.8 Å². The minimum Gasteiger partial charge on any atom is -0.451 e. The molecule has 0 saturated heterocycles. The number of aromatic nitrogens is 1. The van der Waals surface area contributed by atoms with Crippen LogP contribution in [0.2, 0.25) is 0 Å². The Balaban J connectivity index is 1.28. The number of ether oxygens (including phenoxy) is 3. The van der Waals surface area contributed by atoms with Crippen LogP contribution >= 0.6 is 11.8 Å². The molecule has 41 heavy (non-hydrogen) atoms. The van der Waals surface area contributed by atoms with Crippen molar-refractivity contribution in [1.29, 1.82) is 0 Å². The third kappa shape index (κ3) is 3.62. The number of nitrogens with zero attached hydrogens (tertiary/aromatic N) is 2. The highest BCUT2D eigenvalue weighted by Gasteiger charge is 2.75. The van der Waals surface area contributed by atoms with E-state index in [2.05, 4.69) is 16.2 Å². The number of benzene rings is 2. The van der Waals surface area contributed by atoms with E-state index in [-0.39, 0.29) is 11.4 Å². The fourth-order valence-corrected chi connectivity index (χ4v) is 7.48. The van der Waals surface area contributed by atoms with Crippen molar-refractivity contribution in [2.24, 2.45) is 0 Å². The highest BCUT2D eigenvalue weighted by atomic mass is 32.2. The quantitative estimate of drug-likeness (QED) is 0.281. The Morgan fingerprint density at radius 3 is 2.83 bits per heavy atom. The van der Waals surface area contributed by atoms with Crippen LogP contribution in [0.5, 0.6) is 5.75 Å². The molecule has 0 bridgehead atoms. The van der Waals surface area contributed by atoms with Crippen molar-refractivity contribution < 1.29 is 32.6 Å². The van der Waals surface area contributed by atoms with E-state index in [9.17, 15) is 23.2 Å². The lowest BCUT2D eigenvalue weighted by molar-refractivity contribution is 0.0133. The fourth-order valence-electron chi connectivity index (χ4n) is 6.34. The maximum absolute atomic E-state index is 14.7. The predicted octanol–water partition coefficient (Wildman–Crippen LogP) is 4.05. The number of pyridine rings is 1. The highest BCUT2D eigenvalue weighted by molar-refractivity contribution is 7.98. The molecule has 1 spiro atoms. The van der Waals surface area contributed by atoms with E-state index >= 15 is 0 Å². The zero-order valence-electron chi connectivity index (χ0n) is 21.7. The van der Waals surface area contributed by atoms with Gasteiger partial charge < -0.3 is 19.1 Å². The molecular formula is C29H23F2N3O6S. The van der Waals surface area contributed by atoms with Gasteiger partial charge in [0.15, 0.2) is 17.3 Å². The molecule has 9 nitrogen and oxygen atoms in total. The fraction of sp³-hybridized carbons (Fsp3) is 0.276. The Morgan fingerprint density at radius 2 is 2.00 bits per heavy atom. The number of rotatable bonds is 4. The van der Waals surface area contributed by atoms with E-state index in [1.807, 2.05) is 24.3 Å². The normalized spacial score (nSPS) is 23.1. The Bertz CT molecular complexity index is 1740. The third-order valence-electron chi connectivity index (χ3n) is 8.30. The van der Waals surface area contributed by atoms with Crippen LogP contribution in [-0.2, 0) is 27.1 Å². The molecule has 0 radical (unpaired) electrons. The van der Waals surface area contributed by atoms with Crippen LogP contribution in [0.3, 0.4) is 0 Å². The molecule has 210 valence electrons. The smallest absolute Gasteiger partial charge is 0.451 e. The molecule has 3 aromatic rings. The van der Waals surface area contributed by atoms with E-state index < -0.39 is 47.0 Å². The molecule has 1 amide bonds. The summed E-state index contributed by atoms with van der Waals surface area (Å²) in [5, 5.41) is 0. The molecule has 4 aliphatic rings. The number of nitrogens with one attached hydrogen (secondary N) is 1. The van der Waals surface area contributed by atoms with Crippen molar-refractivity contribution in [1.82, 2.24) is 9.58 Å². The number of hydrogen-bond acceptors (Lipinski definition) is 8. The van der Waals surface area contributed by atoms with E-state index in [4.69, 9.17) is 9.47 Å². The summed E-state index contributed by atoms with van der Waals surface area (Å²) in [6, 6.07) is 10.0. The maximum Gasteiger partial charge on any atom is 0.510 e. The first-order chi connectivity index (χ1) is 19.8. The van der Waals surface area contributed by atoms with Gasteiger partial charge in [-0.2, -0.15) is 0 Å². The molecule has 1 N–H and O–H groups in total. The van der Waals surface area contributed by atoms with Gasteiger partial charge in [-0.3, -0.25) is 19.7 Å². The van der Waals surface area contributed by atoms with Gasteiger partial charge in [-0.15, -0.1) is 11.8 Å². The molecule has 1 aromatic heterocycles. The van der Waals surface area contributed by atoms with Gasteiger partial charge in [0.25, 0.3) is 5.91 Å². The molecule has 12 heteroatoms. The van der Waals surface area contributed by atoms with Gasteiger partial charge in [-0.1, -0.05) is 30.4 Å². The van der Waals surface area contributed by atoms with Gasteiger partial charge in [-0.25, -0.2) is 13.6 Å². The zero-order chi connectivity index (χ0) is 28.5. The lowest BCUT2D eigenvalue weighted by Gasteiger charge is -2.44. The Morgan fingerprint density at radius 1 is 1.15 bits per heavy atom. The molecule has 2 unspecified atom stereocenters. The van der Waals surface area contributed by atoms with Crippen LogP contribution in [-0.4, -0.2) is 47.7 Å². The Hall–Kier alpha value is -4.32. The van der Waals surface area contributed by atoms with Gasteiger partial charge in [0, 0.05) is 41.4 Å². The summed E-state index contributed by atoms with van der Waals surface area (Å²) < 4.78 is 44.8. The van der Waals surface area contributed by atoms with Gasteiger partial charge in [0.2, 0.25) is 18.0 Å². The largest absolute Gasteiger partial charge is 0.510 e. The molecule has 1 saturated carbocycles. The third-order valence-corrected chi connectivity index (χ3v) is 9.43. The van der Waals surface area contributed by atoms with Crippen molar-refractivity contribution >= 4 is 23.8 Å². The number of amides is 1. The van der Waals surface area contributed by atoms with Crippen molar-refractivity contribution in [2.45, 2.75) is 34.6 Å². The summed E-state index contributed by atoms with van der Waals surface area (Å²) in [7, 11) is 1.14. The predicted molar refractivity (Wildman–Crippen MR) is 143 cm³/mol. The van der Waals surface area contributed by atoms with Crippen LogP contribution in [0.25, 0.3) is 0 Å². The minimum atomic E-state index is -0.988. The molecule has 7 rings (SSSR count). The number of halogens is 2. The molecule has 2 aromatic carbocycles. The lowest BCUT2D eigenvalue weighted by atomic mass is 9.84. The van der Waals surface area contributed by atoms with Crippen molar-refractivity contribution in [3.63, 3.8) is 0 Å². The molecule has 2 atom stereocenters. The number of methoxy groups -OCH3 is 1. The summed E-state index contributed by atoms with van der Waals surface area (Å²) in [6.07, 6.45) is 5.50. The van der Waals surface area contributed by atoms with Crippen LogP contribution in [0.1, 0.15) is 39.2 Å². The van der Waals surface area contributed by atoms with Crippen molar-refractivity contribution in [3.8, 4) is 5.75 Å². The summed E-state index contributed by atoms with van der Waals surface area (Å²) in [5.74, 6) is -2.02. The topological polar surface area (TPSA) is 99.1 Å². The van der Waals surface area contributed by atoms with Gasteiger partial charge >= 0.3 is 6.16 Å². The molecular weight excluding hydrogens is 556 g/mol. The summed E-state index contributed by atoms with van der Waals surface area (Å²) in [5.41, 5.74) is 4.57. The average Bonchev–Trinajstić information content (AvgIpc) is 3.69. The van der Waals surface area contributed by atoms with Gasteiger partial charge in [-0.05, 0) is 35.2 Å². The van der Waals surface area contributed by atoms with Gasteiger partial charge in [0.05, 0.1) is 12.5 Å². The second-order valence-electron chi connectivity index (χ2n) is 10.3. The summed E-state index contributed by atoms with van der Waals surface area (Å²) in [6.45, 7) is -0.313. The van der Waals surface area contributed by atoms with Crippen molar-refractivity contribution in [2.75, 3.05) is 25.9 Å². The van der Waals surface area contributed by atoms with Crippen LogP contribution in [0, 0.1) is 11.6 Å². The summed E-state index contributed by atoms with van der Waals surface area (Å²) in [4.78, 5) is 40.6. The number of carbonyl (C=O) groups is 2. The monoisotopic (exact) mass is 579 g/mol.